The van der Waals surface area contributed by atoms with Crippen molar-refractivity contribution in [1.29, 1.82) is 0 Å². The first-order chi connectivity index (χ1) is 15.8. The normalized spacial score (nSPS) is 18.9. The lowest BCUT2D eigenvalue weighted by atomic mass is 10.0. The molecule has 0 fully saturated rings. The van der Waals surface area contributed by atoms with E-state index in [2.05, 4.69) is 8.37 Å². The van der Waals surface area contributed by atoms with E-state index in [-0.39, 0.29) is 12.6 Å². The topological polar surface area (TPSA) is 332 Å². The predicted molar refractivity (Wildman–Crippen MR) is 107 cm³/mol. The summed E-state index contributed by atoms with van der Waals surface area (Å²) in [5.41, 5.74) is 0. The van der Waals surface area contributed by atoms with Gasteiger partial charge in [-0.3, -0.25) is 13.9 Å². The third kappa shape index (κ3) is 16.5. The number of aliphatic hydroxyl groups excluding tert-OH is 7. The standard InChI is InChI=1S/C8H15NO9S.C6H12O9S/c1-4(11)9-5(2-10)7(13)8(14)6(12)3-18-19(15,16)17;7-1-3(8)5(10)6(11)4(9)2-15-16(12,13)14/h2,5-8,12-14H,3H2,1H3,(H,9,11)(H,15,16,17);1,3-6,8-11H,2H2,(H,12,13,14)/t5-,6+,7+,8-;3-,4+,5+,6-/m00/s1. The van der Waals surface area contributed by atoms with Crippen LogP contribution in [0.2, 0.25) is 0 Å². The predicted octanol–water partition coefficient (Wildman–Crippen LogP) is -6.96. The minimum atomic E-state index is -4.82. The van der Waals surface area contributed by atoms with Crippen molar-refractivity contribution in [2.45, 2.75) is 55.7 Å². The maximum absolute atomic E-state index is 10.7. The molecule has 0 aromatic heterocycles. The lowest BCUT2D eigenvalue weighted by Crippen LogP contribution is -2.53. The number of aldehydes is 2. The Labute approximate surface area is 198 Å². The molecule has 1 amide bonds. The fourth-order valence-corrected chi connectivity index (χ4v) is 2.52. The summed E-state index contributed by atoms with van der Waals surface area (Å²) in [5, 5.41) is 66.2. The molecule has 0 aromatic rings. The molecule has 0 heterocycles. The van der Waals surface area contributed by atoms with Gasteiger partial charge < -0.3 is 50.7 Å². The van der Waals surface area contributed by atoms with Crippen LogP contribution in [0.1, 0.15) is 6.92 Å². The zero-order valence-electron chi connectivity index (χ0n) is 17.7. The lowest BCUT2D eigenvalue weighted by molar-refractivity contribution is -0.135. The average Bonchev–Trinajstić information content (AvgIpc) is 2.75. The third-order valence-corrected chi connectivity index (χ3v) is 4.51. The molecule has 10 N–H and O–H groups in total. The molecular formula is C14H27NO18S2. The fourth-order valence-electron chi connectivity index (χ4n) is 1.89. The van der Waals surface area contributed by atoms with Gasteiger partial charge in [-0.1, -0.05) is 0 Å². The molecule has 0 bridgehead atoms. The van der Waals surface area contributed by atoms with E-state index in [0.717, 1.165) is 6.92 Å². The summed E-state index contributed by atoms with van der Waals surface area (Å²) in [6, 6.07) is -1.49. The van der Waals surface area contributed by atoms with Crippen LogP contribution in [0.15, 0.2) is 0 Å². The van der Waals surface area contributed by atoms with E-state index in [1.165, 1.54) is 0 Å². The SMILES string of the molecule is CC(=O)N[C@@H](C=O)[C@@H](O)[C@@H](O)[C@H](O)COS(=O)(=O)O.O=C[C@H](O)[C@@H](O)[C@@H](O)[C@H](O)COS(=O)(=O)O. The summed E-state index contributed by atoms with van der Waals surface area (Å²) in [5.74, 6) is -0.660. The Balaban J connectivity index is 0. The quantitative estimate of drug-likeness (QED) is 0.0655. The summed E-state index contributed by atoms with van der Waals surface area (Å²) in [6.45, 7) is -1.02. The molecule has 0 aromatic carbocycles. The smallest absolute Gasteiger partial charge is 0.388 e. The van der Waals surface area contributed by atoms with Crippen LogP contribution in [0.3, 0.4) is 0 Å². The van der Waals surface area contributed by atoms with Crippen molar-refractivity contribution < 1.29 is 84.4 Å². The van der Waals surface area contributed by atoms with Gasteiger partial charge in [0.05, 0.1) is 13.2 Å². The average molecular weight is 561 g/mol. The van der Waals surface area contributed by atoms with Crippen molar-refractivity contribution in [3.8, 4) is 0 Å². The van der Waals surface area contributed by atoms with Crippen molar-refractivity contribution >= 4 is 39.3 Å². The molecule has 21 heteroatoms. The second-order valence-corrected chi connectivity index (χ2v) is 8.69. The van der Waals surface area contributed by atoms with E-state index in [9.17, 15) is 46.5 Å². The van der Waals surface area contributed by atoms with Crippen molar-refractivity contribution in [3.05, 3.63) is 0 Å². The van der Waals surface area contributed by atoms with E-state index >= 15 is 0 Å². The second kappa shape index (κ2) is 16.1. The van der Waals surface area contributed by atoms with E-state index < -0.39 is 88.7 Å². The second-order valence-electron chi connectivity index (χ2n) is 6.51. The summed E-state index contributed by atoms with van der Waals surface area (Å²) in [4.78, 5) is 31.3. The molecule has 35 heavy (non-hydrogen) atoms. The number of carbonyl (C=O) groups is 3. The first-order valence-electron chi connectivity index (χ1n) is 8.95. The first-order valence-corrected chi connectivity index (χ1v) is 11.7. The Morgan fingerprint density at radius 3 is 1.40 bits per heavy atom. The Morgan fingerprint density at radius 2 is 1.11 bits per heavy atom. The van der Waals surface area contributed by atoms with Crippen molar-refractivity contribution in [2.75, 3.05) is 13.2 Å². The molecule has 0 saturated carbocycles. The molecule has 19 nitrogen and oxygen atoms in total. The highest BCUT2D eigenvalue weighted by atomic mass is 32.3. The zero-order chi connectivity index (χ0) is 28.1. The van der Waals surface area contributed by atoms with Crippen LogP contribution in [-0.4, -0.2) is 142 Å². The number of carbonyl (C=O) groups excluding carboxylic acids is 3. The molecule has 0 radical (unpaired) electrons. The maximum atomic E-state index is 10.7. The lowest BCUT2D eigenvalue weighted by Gasteiger charge is -2.26. The number of aliphatic hydroxyl groups is 7. The van der Waals surface area contributed by atoms with Gasteiger partial charge in [-0.25, -0.2) is 8.37 Å². The zero-order valence-corrected chi connectivity index (χ0v) is 19.3. The van der Waals surface area contributed by atoms with Crippen LogP contribution in [0.25, 0.3) is 0 Å². The number of rotatable bonds is 15. The van der Waals surface area contributed by atoms with Gasteiger partial charge in [0, 0.05) is 6.92 Å². The van der Waals surface area contributed by atoms with E-state index in [1.54, 1.807) is 0 Å². The largest absolute Gasteiger partial charge is 0.397 e. The van der Waals surface area contributed by atoms with Crippen LogP contribution in [-0.2, 0) is 43.5 Å². The van der Waals surface area contributed by atoms with Gasteiger partial charge in [0.1, 0.15) is 55.1 Å². The molecule has 0 unspecified atom stereocenters. The van der Waals surface area contributed by atoms with Gasteiger partial charge in [-0.05, 0) is 0 Å². The monoisotopic (exact) mass is 561 g/mol. The molecular weight excluding hydrogens is 534 g/mol. The minimum Gasteiger partial charge on any atom is -0.388 e. The highest BCUT2D eigenvalue weighted by Crippen LogP contribution is 2.07. The van der Waals surface area contributed by atoms with Crippen molar-refractivity contribution in [1.82, 2.24) is 5.32 Å². The van der Waals surface area contributed by atoms with Gasteiger partial charge >= 0.3 is 20.8 Å². The van der Waals surface area contributed by atoms with Gasteiger partial charge in [0.25, 0.3) is 0 Å². The van der Waals surface area contributed by atoms with Crippen LogP contribution >= 0.6 is 0 Å². The number of hydrogen-bond donors (Lipinski definition) is 10. The van der Waals surface area contributed by atoms with Crippen LogP contribution in [0, 0.1) is 0 Å². The highest BCUT2D eigenvalue weighted by molar-refractivity contribution is 7.81. The molecule has 0 aliphatic heterocycles. The van der Waals surface area contributed by atoms with Crippen LogP contribution in [0.5, 0.6) is 0 Å². The number of nitrogens with one attached hydrogen (secondary N) is 1. The molecule has 208 valence electrons. The maximum Gasteiger partial charge on any atom is 0.397 e. The molecule has 0 rings (SSSR count). The van der Waals surface area contributed by atoms with Gasteiger partial charge in [-0.2, -0.15) is 16.8 Å². The van der Waals surface area contributed by atoms with Crippen molar-refractivity contribution in [3.63, 3.8) is 0 Å². The Hall–Kier alpha value is -1.73. The van der Waals surface area contributed by atoms with Gasteiger partial charge in [-0.15, -0.1) is 0 Å². The highest BCUT2D eigenvalue weighted by Gasteiger charge is 2.33. The van der Waals surface area contributed by atoms with E-state index in [0.29, 0.717) is 0 Å². The van der Waals surface area contributed by atoms with Gasteiger partial charge in [0.15, 0.2) is 6.29 Å². The van der Waals surface area contributed by atoms with Crippen LogP contribution in [0.4, 0.5) is 0 Å². The molecule has 0 spiro atoms. The fraction of sp³-hybridized carbons (Fsp3) is 0.786. The summed E-state index contributed by atoms with van der Waals surface area (Å²) < 4.78 is 64.5. The number of hydrogen-bond acceptors (Lipinski definition) is 16. The molecule has 0 saturated heterocycles. The van der Waals surface area contributed by atoms with E-state index in [1.807, 2.05) is 5.32 Å². The Bertz CT molecular complexity index is 862. The molecule has 0 aliphatic rings. The van der Waals surface area contributed by atoms with Crippen LogP contribution < -0.4 is 5.32 Å². The number of amides is 1. The summed E-state index contributed by atoms with van der Waals surface area (Å²) >= 11 is 0. The summed E-state index contributed by atoms with van der Waals surface area (Å²) in [7, 11) is -9.60. The third-order valence-electron chi connectivity index (χ3n) is 3.64. The summed E-state index contributed by atoms with van der Waals surface area (Å²) in [6.07, 6.45) is -13.6. The molecule has 8 atom stereocenters. The van der Waals surface area contributed by atoms with Gasteiger partial charge in [0.2, 0.25) is 5.91 Å². The first kappa shape index (κ1) is 35.4. The van der Waals surface area contributed by atoms with E-state index in [4.69, 9.17) is 29.5 Å². The Morgan fingerprint density at radius 1 is 0.743 bits per heavy atom. The minimum absolute atomic E-state index is 0.0791. The molecule has 0 aliphatic carbocycles. The van der Waals surface area contributed by atoms with Crippen molar-refractivity contribution in [2.24, 2.45) is 0 Å². The Kier molecular flexibility index (Phi) is 16.3.